The zero-order valence-electron chi connectivity index (χ0n) is 14.6. The van der Waals surface area contributed by atoms with Crippen LogP contribution in [0.5, 0.6) is 0 Å². The lowest BCUT2D eigenvalue weighted by molar-refractivity contribution is 0.0682. The van der Waals surface area contributed by atoms with Crippen LogP contribution >= 0.6 is 11.6 Å². The third-order valence-electron chi connectivity index (χ3n) is 4.78. The number of imidazole rings is 1. The van der Waals surface area contributed by atoms with Gasteiger partial charge in [-0.15, -0.1) is 0 Å². The van der Waals surface area contributed by atoms with Gasteiger partial charge >= 0.3 is 0 Å². The Morgan fingerprint density at radius 3 is 2.72 bits per heavy atom. The Bertz CT molecular complexity index is 751. The molecule has 0 atom stereocenters. The van der Waals surface area contributed by atoms with Crippen LogP contribution in [-0.2, 0) is 6.54 Å². The third kappa shape index (κ3) is 4.03. The van der Waals surface area contributed by atoms with Crippen molar-refractivity contribution in [1.29, 1.82) is 0 Å². The largest absolute Gasteiger partial charge is 0.339 e. The fourth-order valence-corrected chi connectivity index (χ4v) is 3.65. The maximum atomic E-state index is 13.2. The highest BCUT2D eigenvalue weighted by Gasteiger charge is 2.25. The molecule has 0 spiro atoms. The van der Waals surface area contributed by atoms with E-state index in [1.165, 1.54) is 18.2 Å². The lowest BCUT2D eigenvalue weighted by Gasteiger charge is -2.32. The number of aromatic nitrogens is 2. The number of nitrogens with zero attached hydrogens (tertiary/aromatic N) is 3. The van der Waals surface area contributed by atoms with Crippen molar-refractivity contribution in [2.75, 3.05) is 13.1 Å². The molecule has 0 aliphatic carbocycles. The number of hydrogen-bond donors (Lipinski definition) is 0. The zero-order chi connectivity index (χ0) is 18.0. The van der Waals surface area contributed by atoms with Crippen molar-refractivity contribution >= 4 is 17.5 Å². The molecule has 1 aliphatic rings. The van der Waals surface area contributed by atoms with Gasteiger partial charge in [0.25, 0.3) is 5.91 Å². The molecule has 3 rings (SSSR count). The Kier molecular flexibility index (Phi) is 5.42. The van der Waals surface area contributed by atoms with Crippen molar-refractivity contribution in [3.63, 3.8) is 0 Å². The maximum absolute atomic E-state index is 13.2. The van der Waals surface area contributed by atoms with Crippen molar-refractivity contribution in [1.82, 2.24) is 14.5 Å². The number of likely N-dealkylation sites (tertiary alicyclic amines) is 1. The molecular weight excluding hydrogens is 341 g/mol. The number of benzene rings is 1. The standard InChI is InChI=1S/C19H23ClFN3O/c1-13(2)18-22-7-10-24(18)12-14-5-8-23(9-6-14)19(25)16-4-3-15(21)11-17(16)20/h3-4,7,10-11,13-14H,5-6,8-9,12H2,1-2H3. The lowest BCUT2D eigenvalue weighted by atomic mass is 9.96. The van der Waals surface area contributed by atoms with E-state index in [2.05, 4.69) is 23.4 Å². The van der Waals surface area contributed by atoms with E-state index in [9.17, 15) is 9.18 Å². The number of halogens is 2. The van der Waals surface area contributed by atoms with E-state index in [0.717, 1.165) is 25.2 Å². The van der Waals surface area contributed by atoms with E-state index < -0.39 is 5.82 Å². The van der Waals surface area contributed by atoms with Crippen molar-refractivity contribution < 1.29 is 9.18 Å². The fraction of sp³-hybridized carbons (Fsp3) is 0.474. The Morgan fingerprint density at radius 2 is 2.08 bits per heavy atom. The molecule has 1 aromatic heterocycles. The van der Waals surface area contributed by atoms with E-state index in [-0.39, 0.29) is 10.9 Å². The predicted molar refractivity (Wildman–Crippen MR) is 96.4 cm³/mol. The Labute approximate surface area is 152 Å². The molecule has 2 aromatic rings. The highest BCUT2D eigenvalue weighted by atomic mass is 35.5. The molecule has 0 saturated carbocycles. The van der Waals surface area contributed by atoms with Crippen LogP contribution in [0, 0.1) is 11.7 Å². The summed E-state index contributed by atoms with van der Waals surface area (Å²) in [5.41, 5.74) is 0.373. The van der Waals surface area contributed by atoms with Gasteiger partial charge in [-0.25, -0.2) is 9.37 Å². The van der Waals surface area contributed by atoms with Gasteiger partial charge in [-0.05, 0) is 37.0 Å². The van der Waals surface area contributed by atoms with E-state index in [0.29, 0.717) is 30.5 Å². The number of amides is 1. The number of piperidine rings is 1. The molecular formula is C19H23ClFN3O. The van der Waals surface area contributed by atoms with Crippen molar-refractivity contribution in [3.8, 4) is 0 Å². The summed E-state index contributed by atoms with van der Waals surface area (Å²) < 4.78 is 15.4. The summed E-state index contributed by atoms with van der Waals surface area (Å²) in [7, 11) is 0. The molecule has 1 fully saturated rings. The van der Waals surface area contributed by atoms with Crippen molar-refractivity contribution in [3.05, 3.63) is 52.8 Å². The fourth-order valence-electron chi connectivity index (χ4n) is 3.41. The first-order valence-electron chi connectivity index (χ1n) is 8.71. The summed E-state index contributed by atoms with van der Waals surface area (Å²) in [4.78, 5) is 18.8. The number of hydrogen-bond acceptors (Lipinski definition) is 2. The highest BCUT2D eigenvalue weighted by Crippen LogP contribution is 2.25. The van der Waals surface area contributed by atoms with Crippen molar-refractivity contribution in [2.24, 2.45) is 5.92 Å². The van der Waals surface area contributed by atoms with Crippen molar-refractivity contribution in [2.45, 2.75) is 39.2 Å². The van der Waals surface area contributed by atoms with Gasteiger partial charge in [0.15, 0.2) is 0 Å². The topological polar surface area (TPSA) is 38.1 Å². The van der Waals surface area contributed by atoms with Gasteiger partial charge in [0, 0.05) is 37.9 Å². The van der Waals surface area contributed by atoms with Crippen LogP contribution in [-0.4, -0.2) is 33.4 Å². The molecule has 0 unspecified atom stereocenters. The molecule has 25 heavy (non-hydrogen) atoms. The third-order valence-corrected chi connectivity index (χ3v) is 5.09. The monoisotopic (exact) mass is 363 g/mol. The van der Waals surface area contributed by atoms with Crippen LogP contribution in [0.3, 0.4) is 0 Å². The number of rotatable bonds is 4. The smallest absolute Gasteiger partial charge is 0.255 e. The summed E-state index contributed by atoms with van der Waals surface area (Å²) in [5.74, 6) is 1.49. The van der Waals surface area contributed by atoms with Crippen LogP contribution in [0.2, 0.25) is 5.02 Å². The highest BCUT2D eigenvalue weighted by molar-refractivity contribution is 6.33. The molecule has 1 aromatic carbocycles. The van der Waals surface area contributed by atoms with E-state index in [1.807, 2.05) is 17.3 Å². The van der Waals surface area contributed by atoms with Gasteiger partial charge in [0.05, 0.1) is 10.6 Å². The summed E-state index contributed by atoms with van der Waals surface area (Å²) >= 11 is 6.02. The quantitative estimate of drug-likeness (QED) is 0.809. The molecule has 6 heteroatoms. The average molecular weight is 364 g/mol. The van der Waals surface area contributed by atoms with Crippen LogP contribution in [0.4, 0.5) is 4.39 Å². The van der Waals surface area contributed by atoms with Gasteiger partial charge < -0.3 is 9.47 Å². The molecule has 2 heterocycles. The molecule has 4 nitrogen and oxygen atoms in total. The Balaban J connectivity index is 1.60. The summed E-state index contributed by atoms with van der Waals surface area (Å²) in [5, 5.41) is 0.173. The van der Waals surface area contributed by atoms with Gasteiger partial charge in [-0.3, -0.25) is 4.79 Å². The summed E-state index contributed by atoms with van der Waals surface area (Å²) in [6, 6.07) is 3.93. The van der Waals surface area contributed by atoms with Crippen LogP contribution < -0.4 is 0 Å². The minimum Gasteiger partial charge on any atom is -0.339 e. The predicted octanol–water partition coefficient (Wildman–Crippen LogP) is 4.35. The van der Waals surface area contributed by atoms with Gasteiger partial charge in [0.2, 0.25) is 0 Å². The van der Waals surface area contributed by atoms with Crippen LogP contribution in [0.1, 0.15) is 48.8 Å². The van der Waals surface area contributed by atoms with Crippen LogP contribution in [0.15, 0.2) is 30.6 Å². The summed E-state index contributed by atoms with van der Waals surface area (Å²) in [6.07, 6.45) is 5.77. The second kappa shape index (κ2) is 7.56. The second-order valence-electron chi connectivity index (χ2n) is 6.95. The second-order valence-corrected chi connectivity index (χ2v) is 7.36. The molecule has 0 N–H and O–H groups in total. The average Bonchev–Trinajstić information content (AvgIpc) is 3.03. The molecule has 1 amide bonds. The van der Waals surface area contributed by atoms with Crippen LogP contribution in [0.25, 0.3) is 0 Å². The molecule has 1 aliphatic heterocycles. The van der Waals surface area contributed by atoms with E-state index in [1.54, 1.807) is 0 Å². The summed E-state index contributed by atoms with van der Waals surface area (Å²) in [6.45, 7) is 6.62. The first-order chi connectivity index (χ1) is 12.0. The SMILES string of the molecule is CC(C)c1nccn1CC1CCN(C(=O)c2ccc(F)cc2Cl)CC1. The molecule has 134 valence electrons. The minimum atomic E-state index is -0.429. The molecule has 0 bridgehead atoms. The van der Waals surface area contributed by atoms with Gasteiger partial charge in [-0.2, -0.15) is 0 Å². The number of carbonyl (C=O) groups is 1. The van der Waals surface area contributed by atoms with Gasteiger partial charge in [0.1, 0.15) is 11.6 Å². The zero-order valence-corrected chi connectivity index (χ0v) is 15.3. The Morgan fingerprint density at radius 1 is 1.36 bits per heavy atom. The minimum absolute atomic E-state index is 0.117. The van der Waals surface area contributed by atoms with E-state index in [4.69, 9.17) is 11.6 Å². The Hall–Kier alpha value is -1.88. The maximum Gasteiger partial charge on any atom is 0.255 e. The van der Waals surface area contributed by atoms with Gasteiger partial charge in [-0.1, -0.05) is 25.4 Å². The normalized spacial score (nSPS) is 15.8. The first kappa shape index (κ1) is 17.9. The lowest BCUT2D eigenvalue weighted by Crippen LogP contribution is -2.39. The molecule has 1 saturated heterocycles. The van der Waals surface area contributed by atoms with E-state index >= 15 is 0 Å². The first-order valence-corrected chi connectivity index (χ1v) is 9.09. The number of carbonyl (C=O) groups excluding carboxylic acids is 1. The molecule has 0 radical (unpaired) electrons.